The number of hydrogen-bond acceptors (Lipinski definition) is 6. The van der Waals surface area contributed by atoms with Gasteiger partial charge < -0.3 is 0 Å². The first-order valence-corrected chi connectivity index (χ1v) is 6.53. The van der Waals surface area contributed by atoms with E-state index in [1.807, 2.05) is 0 Å². The van der Waals surface area contributed by atoms with E-state index in [2.05, 4.69) is 9.78 Å². The van der Waals surface area contributed by atoms with Crippen LogP contribution in [-0.2, 0) is 18.7 Å². The van der Waals surface area contributed by atoms with Gasteiger partial charge in [-0.15, -0.1) is 0 Å². The molecule has 0 aromatic heterocycles. The van der Waals surface area contributed by atoms with Gasteiger partial charge in [-0.1, -0.05) is 36.4 Å². The minimum atomic E-state index is -1.42. The summed E-state index contributed by atoms with van der Waals surface area (Å²) in [5.41, 5.74) is 0.636. The Morgan fingerprint density at radius 2 is 0.952 bits per heavy atom. The maximum absolute atomic E-state index is 11.5. The molecule has 0 aliphatic rings. The van der Waals surface area contributed by atoms with Crippen molar-refractivity contribution in [2.75, 3.05) is 0 Å². The third-order valence-electron chi connectivity index (χ3n) is 2.21. The summed E-state index contributed by atoms with van der Waals surface area (Å²) in [6.45, 7) is 0. The van der Waals surface area contributed by atoms with Crippen molar-refractivity contribution in [3.05, 3.63) is 71.8 Å². The second-order valence-corrected chi connectivity index (χ2v) is 3.72. The van der Waals surface area contributed by atoms with Crippen LogP contribution in [-0.4, -0.2) is 21.2 Å². The van der Waals surface area contributed by atoms with Gasteiger partial charge in [-0.3, -0.25) is 8.92 Å². The molecule has 0 N–H and O–H groups in total. The van der Waals surface area contributed by atoms with E-state index in [1.165, 1.54) is 0 Å². The molecule has 106 valence electrons. The van der Waals surface area contributed by atoms with Gasteiger partial charge in [0.25, 0.3) is 0 Å². The van der Waals surface area contributed by atoms with Crippen LogP contribution >= 0.6 is 0 Å². The minimum absolute atomic E-state index is 0.318. The van der Waals surface area contributed by atoms with Crippen molar-refractivity contribution < 1.29 is 28.3 Å². The van der Waals surface area contributed by atoms with Gasteiger partial charge in [0.1, 0.15) is 0 Å². The second-order valence-electron chi connectivity index (χ2n) is 3.56. The lowest BCUT2D eigenvalue weighted by Gasteiger charge is -2.02. The van der Waals surface area contributed by atoms with E-state index in [1.54, 1.807) is 60.7 Å². The molecule has 0 bridgehead atoms. The Morgan fingerprint density at radius 3 is 1.24 bits per heavy atom. The Kier molecular flexibility index (Phi) is 7.09. The van der Waals surface area contributed by atoms with E-state index in [-0.39, 0.29) is 0 Å². The lowest BCUT2D eigenvalue weighted by atomic mass is 10.2. The van der Waals surface area contributed by atoms with Crippen molar-refractivity contribution in [3.63, 3.8) is 0 Å². The number of rotatable bonds is 2. The van der Waals surface area contributed by atoms with Gasteiger partial charge in [-0.25, -0.2) is 19.4 Å². The van der Waals surface area contributed by atoms with E-state index < -0.39 is 21.2 Å². The van der Waals surface area contributed by atoms with Crippen molar-refractivity contribution in [3.8, 4) is 0 Å². The average Bonchev–Trinajstić information content (AvgIpc) is 2.54. The summed E-state index contributed by atoms with van der Waals surface area (Å²) in [5.74, 6) is -1.42. The van der Waals surface area contributed by atoms with E-state index in [4.69, 9.17) is 8.92 Å². The largest absolute Gasteiger partial charge is 0.549 e. The Labute approximate surface area is 122 Å². The smallest absolute Gasteiger partial charge is 0.274 e. The molecule has 0 radical (unpaired) electrons. The Balaban J connectivity index is 0.000000677. The molecule has 2 aromatic carbocycles. The third kappa shape index (κ3) is 5.79. The lowest BCUT2D eigenvalue weighted by molar-refractivity contribution is -0.187. The summed E-state index contributed by atoms with van der Waals surface area (Å²) in [6, 6.07) is 16.6. The lowest BCUT2D eigenvalue weighted by Crippen LogP contribution is -2.11. The Hall–Kier alpha value is -2.80. The summed E-state index contributed by atoms with van der Waals surface area (Å²) in [7, 11) is -1.42. The van der Waals surface area contributed by atoms with E-state index in [0.717, 1.165) is 0 Å². The first kappa shape index (κ1) is 16.3. The monoisotopic (exact) mass is 302 g/mol. The zero-order valence-electron chi connectivity index (χ0n) is 10.7. The summed E-state index contributed by atoms with van der Waals surface area (Å²) in [5, 5.41) is 0. The fourth-order valence-corrected chi connectivity index (χ4v) is 1.32. The number of benzene rings is 2. The van der Waals surface area contributed by atoms with Crippen LogP contribution in [0.4, 0.5) is 0 Å². The predicted octanol–water partition coefficient (Wildman–Crippen LogP) is 2.00. The standard InChI is InChI=1S/C14H10O4.O2Si/c15-13(11-7-3-1-4-8-11)17-18-14(16)12-9-5-2-6-10-12;1-3-2/h1-10H;. The first-order valence-electron chi connectivity index (χ1n) is 5.71. The number of hydrogen-bond donors (Lipinski definition) is 0. The molecule has 0 saturated heterocycles. The molecule has 6 nitrogen and oxygen atoms in total. The molecular formula is C14H10O6Si. The van der Waals surface area contributed by atoms with Crippen molar-refractivity contribution in [1.82, 2.24) is 0 Å². The second kappa shape index (κ2) is 9.16. The molecule has 0 fully saturated rings. The highest BCUT2D eigenvalue weighted by Crippen LogP contribution is 2.05. The fraction of sp³-hybridized carbons (Fsp3) is 0. The molecule has 7 heteroatoms. The molecular weight excluding hydrogens is 292 g/mol. The van der Waals surface area contributed by atoms with Crippen molar-refractivity contribution in [2.24, 2.45) is 0 Å². The molecule has 21 heavy (non-hydrogen) atoms. The Morgan fingerprint density at radius 1 is 0.667 bits per heavy atom. The van der Waals surface area contributed by atoms with Crippen molar-refractivity contribution in [1.29, 1.82) is 0 Å². The molecule has 0 spiro atoms. The van der Waals surface area contributed by atoms with Gasteiger partial charge in [0, 0.05) is 0 Å². The minimum Gasteiger partial charge on any atom is -0.274 e. The number of carbonyl (C=O) groups excluding carboxylic acids is 2. The van der Waals surface area contributed by atoms with Crippen LogP contribution in [0.1, 0.15) is 20.7 Å². The van der Waals surface area contributed by atoms with Crippen LogP contribution in [0.25, 0.3) is 0 Å². The van der Waals surface area contributed by atoms with Crippen LogP contribution < -0.4 is 0 Å². The Bertz CT molecular complexity index is 569. The molecule has 0 amide bonds. The van der Waals surface area contributed by atoms with E-state index in [9.17, 15) is 9.59 Å². The molecule has 0 saturated carbocycles. The van der Waals surface area contributed by atoms with Gasteiger partial charge in [0.2, 0.25) is 0 Å². The molecule has 0 aliphatic carbocycles. The summed E-state index contributed by atoms with van der Waals surface area (Å²) in [6.07, 6.45) is 0. The number of carbonyl (C=O) groups is 2. The third-order valence-corrected chi connectivity index (χ3v) is 2.21. The van der Waals surface area contributed by atoms with Crippen LogP contribution in [0.3, 0.4) is 0 Å². The van der Waals surface area contributed by atoms with E-state index in [0.29, 0.717) is 11.1 Å². The van der Waals surface area contributed by atoms with Crippen LogP contribution in [0.2, 0.25) is 0 Å². The maximum Gasteiger partial charge on any atom is 0.549 e. The fourth-order valence-electron chi connectivity index (χ4n) is 1.32. The molecule has 0 aliphatic heterocycles. The summed E-state index contributed by atoms with van der Waals surface area (Å²) in [4.78, 5) is 31.9. The highest BCUT2D eigenvalue weighted by Gasteiger charge is 2.12. The van der Waals surface area contributed by atoms with Gasteiger partial charge in [0.15, 0.2) is 0 Å². The summed E-state index contributed by atoms with van der Waals surface area (Å²) < 4.78 is 16.8. The van der Waals surface area contributed by atoms with Crippen LogP contribution in [0.15, 0.2) is 60.7 Å². The highest BCUT2D eigenvalue weighted by atomic mass is 28.2. The molecule has 2 aromatic rings. The molecule has 0 atom stereocenters. The van der Waals surface area contributed by atoms with Crippen molar-refractivity contribution in [2.45, 2.75) is 0 Å². The highest BCUT2D eigenvalue weighted by molar-refractivity contribution is 5.94. The van der Waals surface area contributed by atoms with Crippen molar-refractivity contribution >= 4 is 21.2 Å². The maximum atomic E-state index is 11.5. The van der Waals surface area contributed by atoms with Gasteiger partial charge in [-0.05, 0) is 24.3 Å². The normalized spacial score (nSPS) is 8.57. The SMILES string of the molecule is O=C(OOC(=O)c1ccccc1)c1ccccc1.O=[Si]=O. The zero-order chi connectivity index (χ0) is 15.5. The van der Waals surface area contributed by atoms with Gasteiger partial charge in [0.05, 0.1) is 11.1 Å². The van der Waals surface area contributed by atoms with E-state index >= 15 is 0 Å². The average molecular weight is 302 g/mol. The van der Waals surface area contributed by atoms with Crippen LogP contribution in [0.5, 0.6) is 0 Å². The summed E-state index contributed by atoms with van der Waals surface area (Å²) >= 11 is 0. The predicted molar refractivity (Wildman–Crippen MR) is 70.8 cm³/mol. The zero-order valence-corrected chi connectivity index (χ0v) is 11.7. The van der Waals surface area contributed by atoms with Crippen LogP contribution in [0, 0.1) is 0 Å². The quantitative estimate of drug-likeness (QED) is 0.479. The van der Waals surface area contributed by atoms with Gasteiger partial charge >= 0.3 is 21.2 Å². The first-order chi connectivity index (χ1) is 10.2. The van der Waals surface area contributed by atoms with Gasteiger partial charge in [-0.2, -0.15) is 0 Å². The topological polar surface area (TPSA) is 86.7 Å². The molecule has 0 heterocycles. The molecule has 2 rings (SSSR count). The molecule has 0 unspecified atom stereocenters.